The lowest BCUT2D eigenvalue weighted by Crippen LogP contribution is -2.52. The Morgan fingerprint density at radius 3 is 2.45 bits per heavy atom. The van der Waals surface area contributed by atoms with Crippen LogP contribution in [0.1, 0.15) is 105 Å². The minimum atomic E-state index is -1.47. The molecule has 0 heterocycles. The van der Waals surface area contributed by atoms with Gasteiger partial charge in [0.2, 0.25) is 0 Å². The molecule has 2 N–H and O–H groups in total. The molecule has 2 heteroatoms. The van der Waals surface area contributed by atoms with Gasteiger partial charge in [0.15, 0.2) is 5.79 Å². The third kappa shape index (κ3) is 3.75. The van der Waals surface area contributed by atoms with Gasteiger partial charge in [0.05, 0.1) is 0 Å². The number of aliphatic hydroxyl groups is 2. The van der Waals surface area contributed by atoms with Crippen LogP contribution >= 0.6 is 0 Å². The minimum Gasteiger partial charge on any atom is -0.365 e. The van der Waals surface area contributed by atoms with Crippen LogP contribution in [0.25, 0.3) is 0 Å². The molecule has 3 saturated carbocycles. The summed E-state index contributed by atoms with van der Waals surface area (Å²) in [7, 11) is 0. The second kappa shape index (κ2) is 7.66. The van der Waals surface area contributed by atoms with Gasteiger partial charge in [-0.25, -0.2) is 0 Å². The van der Waals surface area contributed by atoms with Gasteiger partial charge in [-0.1, -0.05) is 65.5 Å². The van der Waals surface area contributed by atoms with Crippen molar-refractivity contribution in [2.75, 3.05) is 0 Å². The van der Waals surface area contributed by atoms with Crippen molar-refractivity contribution < 1.29 is 10.2 Å². The quantitative estimate of drug-likeness (QED) is 0.396. The van der Waals surface area contributed by atoms with E-state index in [0.717, 1.165) is 41.9 Å². The Bertz CT molecular complexity index is 634. The predicted molar refractivity (Wildman–Crippen MR) is 120 cm³/mol. The van der Waals surface area contributed by atoms with Crippen LogP contribution in [-0.4, -0.2) is 16.0 Å². The molecule has 0 aromatic rings. The van der Waals surface area contributed by atoms with E-state index in [9.17, 15) is 10.2 Å². The Morgan fingerprint density at radius 1 is 0.966 bits per heavy atom. The van der Waals surface area contributed by atoms with Crippen LogP contribution in [0, 0.1) is 46.3 Å². The van der Waals surface area contributed by atoms with Crippen molar-refractivity contribution in [2.24, 2.45) is 46.3 Å². The lowest BCUT2D eigenvalue weighted by atomic mass is 9.46. The van der Waals surface area contributed by atoms with Gasteiger partial charge in [-0.15, -0.1) is 0 Å². The molecule has 2 nitrogen and oxygen atoms in total. The maximum absolute atomic E-state index is 10.2. The maximum Gasteiger partial charge on any atom is 0.166 e. The first-order chi connectivity index (χ1) is 13.6. The molecule has 0 spiro atoms. The average molecular weight is 403 g/mol. The molecule has 166 valence electrons. The SMILES string of the molecule is CC(C)CCC[C@@H](C)[C@H]1CC[C@H]2[C@@H]3CC=C4CC(O)(O)CCC4(C)[C@H]3CC[C@]12C. The van der Waals surface area contributed by atoms with E-state index in [1.807, 2.05) is 0 Å². The number of fused-ring (bicyclic) bond motifs is 5. The third-order valence-corrected chi connectivity index (χ3v) is 10.3. The van der Waals surface area contributed by atoms with Crippen LogP contribution in [0.4, 0.5) is 0 Å². The highest BCUT2D eigenvalue weighted by Crippen LogP contribution is 2.67. The molecule has 1 unspecified atom stereocenters. The van der Waals surface area contributed by atoms with Crippen molar-refractivity contribution in [3.8, 4) is 0 Å². The largest absolute Gasteiger partial charge is 0.365 e. The van der Waals surface area contributed by atoms with Crippen molar-refractivity contribution >= 4 is 0 Å². The second-order valence-electron chi connectivity index (χ2n) is 12.4. The minimum absolute atomic E-state index is 0.209. The molecule has 0 aliphatic heterocycles. The second-order valence-corrected chi connectivity index (χ2v) is 12.4. The van der Waals surface area contributed by atoms with E-state index in [2.05, 4.69) is 40.7 Å². The molecule has 0 saturated heterocycles. The Hall–Kier alpha value is -0.340. The molecule has 4 aliphatic rings. The lowest BCUT2D eigenvalue weighted by Gasteiger charge is -2.59. The third-order valence-electron chi connectivity index (χ3n) is 10.3. The Labute approximate surface area is 179 Å². The van der Waals surface area contributed by atoms with Gasteiger partial charge in [0, 0.05) is 12.8 Å². The fourth-order valence-corrected chi connectivity index (χ4v) is 8.65. The number of hydrogen-bond donors (Lipinski definition) is 2. The van der Waals surface area contributed by atoms with Gasteiger partial charge in [0.25, 0.3) is 0 Å². The van der Waals surface area contributed by atoms with Gasteiger partial charge >= 0.3 is 0 Å². The van der Waals surface area contributed by atoms with Crippen LogP contribution in [0.5, 0.6) is 0 Å². The van der Waals surface area contributed by atoms with Gasteiger partial charge in [0.1, 0.15) is 0 Å². The standard InChI is InChI=1S/C27H46O2/c1-18(2)7-6-8-19(3)22-11-12-23-21-10-9-20-17-27(28,29)16-15-25(20,4)24(21)13-14-26(22,23)5/h9,18-19,21-24,28-29H,6-8,10-17H2,1-5H3/t19-,21+,22-,23+,24+,25?,26-/m1/s1. The molecule has 4 aliphatic carbocycles. The molecule has 4 rings (SSSR count). The average Bonchev–Trinajstić information content (AvgIpc) is 2.99. The topological polar surface area (TPSA) is 40.5 Å². The van der Waals surface area contributed by atoms with Gasteiger partial charge in [-0.3, -0.25) is 0 Å². The summed E-state index contributed by atoms with van der Waals surface area (Å²) in [5.74, 6) is 3.60. The monoisotopic (exact) mass is 402 g/mol. The summed E-state index contributed by atoms with van der Waals surface area (Å²) in [6.07, 6.45) is 15.4. The Kier molecular flexibility index (Phi) is 5.78. The van der Waals surface area contributed by atoms with E-state index in [1.165, 1.54) is 56.9 Å². The van der Waals surface area contributed by atoms with E-state index < -0.39 is 5.79 Å². The first-order valence-corrected chi connectivity index (χ1v) is 12.7. The highest BCUT2D eigenvalue weighted by Gasteiger charge is 2.59. The molecule has 0 bridgehead atoms. The number of rotatable bonds is 5. The zero-order chi connectivity index (χ0) is 21.0. The molecular formula is C27H46O2. The van der Waals surface area contributed by atoms with Gasteiger partial charge < -0.3 is 10.2 Å². The van der Waals surface area contributed by atoms with Crippen molar-refractivity contribution in [3.63, 3.8) is 0 Å². The van der Waals surface area contributed by atoms with Gasteiger partial charge in [-0.2, -0.15) is 0 Å². The van der Waals surface area contributed by atoms with Crippen molar-refractivity contribution in [2.45, 2.75) is 111 Å². The van der Waals surface area contributed by atoms with E-state index >= 15 is 0 Å². The summed E-state index contributed by atoms with van der Waals surface area (Å²) in [6.45, 7) is 12.4. The number of allylic oxidation sites excluding steroid dienone is 1. The highest BCUT2D eigenvalue weighted by molar-refractivity contribution is 5.26. The van der Waals surface area contributed by atoms with Crippen molar-refractivity contribution in [1.29, 1.82) is 0 Å². The molecule has 29 heavy (non-hydrogen) atoms. The van der Waals surface area contributed by atoms with E-state index in [0.29, 0.717) is 18.3 Å². The van der Waals surface area contributed by atoms with Crippen LogP contribution in [0.2, 0.25) is 0 Å². The Morgan fingerprint density at radius 2 is 1.72 bits per heavy atom. The molecule has 7 atom stereocenters. The fourth-order valence-electron chi connectivity index (χ4n) is 8.65. The summed E-state index contributed by atoms with van der Waals surface area (Å²) >= 11 is 0. The molecule has 3 fully saturated rings. The Balaban J connectivity index is 1.50. The summed E-state index contributed by atoms with van der Waals surface area (Å²) in [5, 5.41) is 20.5. The smallest absolute Gasteiger partial charge is 0.166 e. The molecule has 0 aromatic carbocycles. The van der Waals surface area contributed by atoms with Crippen molar-refractivity contribution in [3.05, 3.63) is 11.6 Å². The lowest BCUT2D eigenvalue weighted by molar-refractivity contribution is -0.189. The van der Waals surface area contributed by atoms with Crippen LogP contribution < -0.4 is 0 Å². The predicted octanol–water partition coefficient (Wildman–Crippen LogP) is 6.71. The number of hydrogen-bond acceptors (Lipinski definition) is 2. The highest BCUT2D eigenvalue weighted by atomic mass is 16.5. The van der Waals surface area contributed by atoms with E-state index in [4.69, 9.17) is 0 Å². The van der Waals surface area contributed by atoms with Crippen LogP contribution in [0.15, 0.2) is 11.6 Å². The molecule has 0 amide bonds. The summed E-state index contributed by atoms with van der Waals surface area (Å²) in [6, 6.07) is 0. The summed E-state index contributed by atoms with van der Waals surface area (Å²) in [4.78, 5) is 0. The zero-order valence-electron chi connectivity index (χ0n) is 19.7. The fraction of sp³-hybridized carbons (Fsp3) is 0.926. The zero-order valence-corrected chi connectivity index (χ0v) is 19.7. The van der Waals surface area contributed by atoms with E-state index in [1.54, 1.807) is 0 Å². The molecule has 0 radical (unpaired) electrons. The van der Waals surface area contributed by atoms with E-state index in [-0.39, 0.29) is 5.41 Å². The molecular weight excluding hydrogens is 356 g/mol. The summed E-state index contributed by atoms with van der Waals surface area (Å²) in [5.41, 5.74) is 2.10. The first-order valence-electron chi connectivity index (χ1n) is 12.7. The first kappa shape index (κ1) is 21.9. The maximum atomic E-state index is 10.2. The summed E-state index contributed by atoms with van der Waals surface area (Å²) < 4.78 is 0. The van der Waals surface area contributed by atoms with Crippen LogP contribution in [0.3, 0.4) is 0 Å². The van der Waals surface area contributed by atoms with Crippen molar-refractivity contribution in [1.82, 2.24) is 0 Å². The molecule has 0 aromatic heterocycles. The normalized spacial score (nSPS) is 44.6. The van der Waals surface area contributed by atoms with Crippen LogP contribution in [-0.2, 0) is 0 Å². The van der Waals surface area contributed by atoms with Gasteiger partial charge in [-0.05, 0) is 84.9 Å².